The lowest BCUT2D eigenvalue weighted by atomic mass is 9.80. The number of aromatic nitrogens is 2. The van der Waals surface area contributed by atoms with Crippen molar-refractivity contribution >= 4 is 6.02 Å². The fraction of sp³-hybridized carbons (Fsp3) is 0.385. The van der Waals surface area contributed by atoms with Gasteiger partial charge in [-0.05, 0) is 55.2 Å². The largest absolute Gasteiger partial charge is 0.493 e. The summed E-state index contributed by atoms with van der Waals surface area (Å²) in [4.78, 5) is 4.81. The van der Waals surface area contributed by atoms with Crippen LogP contribution in [0.4, 0.5) is 0 Å². The van der Waals surface area contributed by atoms with E-state index in [1.54, 1.807) is 0 Å². The molecule has 2 aliphatic rings. The second kappa shape index (κ2) is 7.27. The number of nitrogens with zero attached hydrogens (tertiary/aromatic N) is 3. The molecule has 1 aromatic heterocycles. The Labute approximate surface area is 194 Å². The van der Waals surface area contributed by atoms with Gasteiger partial charge in [0.05, 0.1) is 12.3 Å². The zero-order valence-corrected chi connectivity index (χ0v) is 20.0. The molecule has 2 aliphatic heterocycles. The average molecular weight is 447 g/mol. The topological polar surface area (TPSA) is 83.9 Å². The van der Waals surface area contributed by atoms with Gasteiger partial charge in [0.15, 0.2) is 5.54 Å². The number of fused-ring (bicyclic) bond motifs is 4. The van der Waals surface area contributed by atoms with E-state index in [0.717, 1.165) is 50.9 Å². The molecule has 0 saturated carbocycles. The summed E-state index contributed by atoms with van der Waals surface area (Å²) >= 11 is 0. The van der Waals surface area contributed by atoms with Gasteiger partial charge in [0, 0.05) is 29.4 Å². The third kappa shape index (κ3) is 3.52. The molecule has 3 heterocycles. The van der Waals surface area contributed by atoms with Gasteiger partial charge >= 0.3 is 0 Å². The molecule has 0 amide bonds. The highest BCUT2D eigenvalue weighted by atomic mass is 16.5. The van der Waals surface area contributed by atoms with Crippen molar-refractivity contribution in [3.63, 3.8) is 0 Å². The first kappa shape index (κ1) is 21.4. The van der Waals surface area contributed by atoms with Crippen LogP contribution >= 0.6 is 0 Å². The van der Waals surface area contributed by atoms with Gasteiger partial charge < -0.3 is 19.9 Å². The molecule has 2 aromatic carbocycles. The van der Waals surface area contributed by atoms with Gasteiger partial charge in [0.1, 0.15) is 23.9 Å². The smallest absolute Gasteiger partial charge is 0.283 e. The molecule has 0 saturated heterocycles. The van der Waals surface area contributed by atoms with Gasteiger partial charge in [-0.2, -0.15) is 5.10 Å². The zero-order chi connectivity index (χ0) is 23.5. The summed E-state index contributed by atoms with van der Waals surface area (Å²) in [6.07, 6.45) is 0. The summed E-state index contributed by atoms with van der Waals surface area (Å²) < 4.78 is 20.0. The summed E-state index contributed by atoms with van der Waals surface area (Å²) in [5, 5.41) is 4.58. The van der Waals surface area contributed by atoms with Crippen LogP contribution in [0, 0.1) is 19.3 Å². The summed E-state index contributed by atoms with van der Waals surface area (Å²) in [5.41, 5.74) is 11.4. The zero-order valence-electron chi connectivity index (χ0n) is 20.0. The monoisotopic (exact) mass is 446 g/mol. The van der Waals surface area contributed by atoms with Crippen LogP contribution in [-0.4, -0.2) is 29.0 Å². The number of rotatable bonds is 3. The van der Waals surface area contributed by atoms with Gasteiger partial charge in [0.2, 0.25) is 0 Å². The lowest BCUT2D eigenvalue weighted by molar-refractivity contribution is 0.197. The number of benzene rings is 2. The van der Waals surface area contributed by atoms with Crippen molar-refractivity contribution in [2.24, 2.45) is 23.2 Å². The van der Waals surface area contributed by atoms with Gasteiger partial charge in [-0.3, -0.25) is 4.68 Å². The number of aliphatic imine (C=N–C) groups is 1. The van der Waals surface area contributed by atoms with E-state index in [9.17, 15) is 0 Å². The second-order valence-electron chi connectivity index (χ2n) is 10.1. The van der Waals surface area contributed by atoms with Gasteiger partial charge in [-0.25, -0.2) is 4.99 Å². The third-order valence-electron chi connectivity index (χ3n) is 6.24. The Bertz CT molecular complexity index is 1290. The molecular weight excluding hydrogens is 416 g/mol. The molecular formula is C26H30N4O3. The van der Waals surface area contributed by atoms with E-state index in [-0.39, 0.29) is 11.4 Å². The number of hydrogen-bond donors (Lipinski definition) is 1. The minimum absolute atomic E-state index is 0.0457. The number of amidine groups is 1. The Morgan fingerprint density at radius 1 is 1.09 bits per heavy atom. The number of hydrogen-bond acceptors (Lipinski definition) is 6. The molecule has 2 N–H and O–H groups in total. The molecule has 0 radical (unpaired) electrons. The molecule has 33 heavy (non-hydrogen) atoms. The standard InChI is InChI=1S/C26H30N4O3/c1-15-23(16(2)30(6)29-15)17-7-9-21-19(11-17)26(14-32-24(27)28-26)20-12-18(8-10-22(20)33-21)31-13-25(3,4)5/h7-12H,13-14H2,1-6H3,(H2,27,28)/t26-/m0/s1. The molecule has 3 aromatic rings. The molecule has 7 nitrogen and oxygen atoms in total. The van der Waals surface area contributed by atoms with Crippen molar-refractivity contribution in [3.05, 3.63) is 58.9 Å². The van der Waals surface area contributed by atoms with Crippen LogP contribution < -0.4 is 15.2 Å². The first-order valence-corrected chi connectivity index (χ1v) is 11.2. The van der Waals surface area contributed by atoms with Gasteiger partial charge in [0.25, 0.3) is 6.02 Å². The van der Waals surface area contributed by atoms with E-state index in [1.165, 1.54) is 0 Å². The quantitative estimate of drug-likeness (QED) is 0.623. The maximum atomic E-state index is 6.31. The maximum Gasteiger partial charge on any atom is 0.283 e. The van der Waals surface area contributed by atoms with Crippen LogP contribution in [-0.2, 0) is 17.3 Å². The van der Waals surface area contributed by atoms with Crippen LogP contribution in [0.2, 0.25) is 0 Å². The molecule has 0 unspecified atom stereocenters. The predicted molar refractivity (Wildman–Crippen MR) is 128 cm³/mol. The van der Waals surface area contributed by atoms with Crippen molar-refractivity contribution in [2.75, 3.05) is 13.2 Å². The Morgan fingerprint density at radius 2 is 1.79 bits per heavy atom. The molecule has 0 fully saturated rings. The van der Waals surface area contributed by atoms with E-state index < -0.39 is 5.54 Å². The number of ether oxygens (including phenoxy) is 3. The van der Waals surface area contributed by atoms with Crippen molar-refractivity contribution in [3.8, 4) is 28.4 Å². The van der Waals surface area contributed by atoms with Gasteiger partial charge in [-0.1, -0.05) is 26.8 Å². The minimum Gasteiger partial charge on any atom is -0.493 e. The van der Waals surface area contributed by atoms with Crippen LogP contribution in [0.1, 0.15) is 43.3 Å². The van der Waals surface area contributed by atoms with Crippen LogP contribution in [0.25, 0.3) is 11.1 Å². The molecule has 7 heteroatoms. The Balaban J connectivity index is 1.65. The molecule has 1 atom stereocenters. The second-order valence-corrected chi connectivity index (χ2v) is 10.1. The molecule has 172 valence electrons. The number of aryl methyl sites for hydroxylation is 2. The first-order chi connectivity index (χ1) is 15.6. The molecule has 0 bridgehead atoms. The fourth-order valence-electron chi connectivity index (χ4n) is 4.57. The fourth-order valence-corrected chi connectivity index (χ4v) is 4.57. The highest BCUT2D eigenvalue weighted by molar-refractivity contribution is 5.78. The van der Waals surface area contributed by atoms with Crippen LogP contribution in [0.5, 0.6) is 17.2 Å². The van der Waals surface area contributed by atoms with Crippen LogP contribution in [0.3, 0.4) is 0 Å². The normalized spacial score (nSPS) is 18.9. The van der Waals surface area contributed by atoms with Crippen molar-refractivity contribution in [1.29, 1.82) is 0 Å². The van der Waals surface area contributed by atoms with Crippen molar-refractivity contribution in [2.45, 2.75) is 40.2 Å². The van der Waals surface area contributed by atoms with Gasteiger partial charge in [-0.15, -0.1) is 0 Å². The van der Waals surface area contributed by atoms with E-state index in [1.807, 2.05) is 42.9 Å². The molecule has 5 rings (SSSR count). The van der Waals surface area contributed by atoms with Crippen LogP contribution in [0.15, 0.2) is 41.4 Å². The predicted octanol–water partition coefficient (Wildman–Crippen LogP) is 4.82. The highest BCUT2D eigenvalue weighted by Crippen LogP contribution is 2.52. The van der Waals surface area contributed by atoms with E-state index >= 15 is 0 Å². The first-order valence-electron chi connectivity index (χ1n) is 11.2. The highest BCUT2D eigenvalue weighted by Gasteiger charge is 2.47. The minimum atomic E-state index is -0.797. The van der Waals surface area contributed by atoms with E-state index in [2.05, 4.69) is 44.9 Å². The number of nitrogens with two attached hydrogens (primary N) is 1. The Kier molecular flexibility index (Phi) is 4.71. The third-order valence-corrected chi connectivity index (χ3v) is 6.24. The summed E-state index contributed by atoms with van der Waals surface area (Å²) in [7, 11) is 1.96. The summed E-state index contributed by atoms with van der Waals surface area (Å²) in [6, 6.07) is 12.2. The van der Waals surface area contributed by atoms with Crippen molar-refractivity contribution in [1.82, 2.24) is 9.78 Å². The SMILES string of the molecule is Cc1nn(C)c(C)c1-c1ccc2c(c1)[C@@]1(COC(N)=N1)c1cc(OCC(C)(C)C)ccc1O2. The summed E-state index contributed by atoms with van der Waals surface area (Å²) in [6.45, 7) is 11.4. The Morgan fingerprint density at radius 3 is 2.39 bits per heavy atom. The van der Waals surface area contributed by atoms with E-state index in [0.29, 0.717) is 13.2 Å². The van der Waals surface area contributed by atoms with E-state index in [4.69, 9.17) is 24.9 Å². The lowest BCUT2D eigenvalue weighted by Gasteiger charge is -2.34. The maximum absolute atomic E-state index is 6.31. The summed E-state index contributed by atoms with van der Waals surface area (Å²) in [5.74, 6) is 2.25. The Hall–Kier alpha value is -3.48. The average Bonchev–Trinajstić information content (AvgIpc) is 3.26. The molecule has 0 aliphatic carbocycles. The lowest BCUT2D eigenvalue weighted by Crippen LogP contribution is -2.31. The van der Waals surface area contributed by atoms with Crippen molar-refractivity contribution < 1.29 is 14.2 Å². The molecule has 1 spiro atoms.